The quantitative estimate of drug-likeness (QED) is 0.130. The summed E-state index contributed by atoms with van der Waals surface area (Å²) < 4.78 is 0. The largest absolute Gasteiger partial charge is 0.481 e. The van der Waals surface area contributed by atoms with Crippen molar-refractivity contribution in [1.82, 2.24) is 0 Å². The fourth-order valence-electron chi connectivity index (χ4n) is 6.23. The highest BCUT2D eigenvalue weighted by Gasteiger charge is 2.48. The Bertz CT molecular complexity index is 524. The van der Waals surface area contributed by atoms with Crippen molar-refractivity contribution in [2.45, 2.75) is 157 Å². The molecule has 35 heavy (non-hydrogen) atoms. The van der Waals surface area contributed by atoms with E-state index < -0.39 is 17.4 Å². The van der Waals surface area contributed by atoms with Crippen LogP contribution in [-0.4, -0.2) is 22.2 Å². The standard InChI is InChI=1S/C31H60O4/c1-7-11-19-26(9-3)23-31(30(34)35,24-27(10-4)20-12-8-2)28(25(5)6)21-17-15-13-14-16-18-22-29(32)33/h25-28H,7-24H2,1-6H3,(H,32,33)(H,34,35). The van der Waals surface area contributed by atoms with Crippen LogP contribution in [0, 0.1) is 29.1 Å². The maximum atomic E-state index is 13.2. The van der Waals surface area contributed by atoms with E-state index in [4.69, 9.17) is 5.11 Å². The zero-order valence-corrected chi connectivity index (χ0v) is 24.2. The van der Waals surface area contributed by atoms with Crippen LogP contribution in [0.1, 0.15) is 157 Å². The van der Waals surface area contributed by atoms with Crippen LogP contribution in [0.15, 0.2) is 0 Å². The molecule has 0 radical (unpaired) electrons. The highest BCUT2D eigenvalue weighted by Crippen LogP contribution is 2.49. The predicted molar refractivity (Wildman–Crippen MR) is 149 cm³/mol. The van der Waals surface area contributed by atoms with E-state index in [0.29, 0.717) is 17.8 Å². The first kappa shape index (κ1) is 33.9. The monoisotopic (exact) mass is 496 g/mol. The average Bonchev–Trinajstić information content (AvgIpc) is 2.81. The molecule has 0 saturated carbocycles. The zero-order valence-electron chi connectivity index (χ0n) is 24.2. The van der Waals surface area contributed by atoms with Gasteiger partial charge in [-0.25, -0.2) is 0 Å². The highest BCUT2D eigenvalue weighted by atomic mass is 16.4. The van der Waals surface area contributed by atoms with Crippen LogP contribution in [0.25, 0.3) is 0 Å². The number of aliphatic carboxylic acids is 2. The van der Waals surface area contributed by atoms with E-state index in [1.54, 1.807) is 0 Å². The SMILES string of the molecule is CCCCC(CC)CC(CC(CC)CCCC)(C(=O)O)C(CCCCCCCCC(=O)O)C(C)C. The molecule has 0 aromatic heterocycles. The van der Waals surface area contributed by atoms with Crippen LogP contribution in [0.5, 0.6) is 0 Å². The molecule has 0 fully saturated rings. The predicted octanol–water partition coefficient (Wildman–Crippen LogP) is 9.75. The summed E-state index contributed by atoms with van der Waals surface area (Å²) in [5, 5.41) is 19.7. The van der Waals surface area contributed by atoms with E-state index in [0.717, 1.165) is 83.5 Å². The molecule has 4 nitrogen and oxygen atoms in total. The van der Waals surface area contributed by atoms with E-state index in [1.165, 1.54) is 25.7 Å². The molecule has 3 unspecified atom stereocenters. The first-order valence-corrected chi connectivity index (χ1v) is 15.1. The lowest BCUT2D eigenvalue weighted by atomic mass is 9.59. The van der Waals surface area contributed by atoms with Crippen molar-refractivity contribution in [3.63, 3.8) is 0 Å². The Hall–Kier alpha value is -1.06. The Morgan fingerprint density at radius 1 is 0.657 bits per heavy atom. The molecule has 0 bridgehead atoms. The number of hydrogen-bond acceptors (Lipinski definition) is 2. The molecular formula is C31H60O4. The number of rotatable bonds is 24. The van der Waals surface area contributed by atoms with Crippen molar-refractivity contribution in [3.05, 3.63) is 0 Å². The minimum Gasteiger partial charge on any atom is -0.481 e. The van der Waals surface area contributed by atoms with Crippen molar-refractivity contribution >= 4 is 11.9 Å². The maximum Gasteiger partial charge on any atom is 0.309 e. The van der Waals surface area contributed by atoms with Crippen LogP contribution >= 0.6 is 0 Å². The third-order valence-corrected chi connectivity index (χ3v) is 8.49. The Morgan fingerprint density at radius 2 is 1.11 bits per heavy atom. The minimum atomic E-state index is -0.705. The third kappa shape index (κ3) is 13.7. The summed E-state index contributed by atoms with van der Waals surface area (Å²) >= 11 is 0. The first-order valence-electron chi connectivity index (χ1n) is 15.1. The van der Waals surface area contributed by atoms with Crippen LogP contribution in [0.2, 0.25) is 0 Å². The van der Waals surface area contributed by atoms with E-state index in [2.05, 4.69) is 41.5 Å². The minimum absolute atomic E-state index is 0.207. The summed E-state index contributed by atoms with van der Waals surface area (Å²) in [6, 6.07) is 0. The number of unbranched alkanes of at least 4 members (excludes halogenated alkanes) is 7. The van der Waals surface area contributed by atoms with Gasteiger partial charge in [0.1, 0.15) is 0 Å². The van der Waals surface area contributed by atoms with E-state index in [-0.39, 0.29) is 12.3 Å². The summed E-state index contributed by atoms with van der Waals surface area (Å²) in [6.07, 6.45) is 18.2. The summed E-state index contributed by atoms with van der Waals surface area (Å²) in [5.41, 5.74) is -0.626. The highest BCUT2D eigenvalue weighted by molar-refractivity contribution is 5.75. The molecule has 4 heteroatoms. The molecule has 0 aliphatic heterocycles. The van der Waals surface area contributed by atoms with Gasteiger partial charge in [-0.3, -0.25) is 9.59 Å². The summed E-state index contributed by atoms with van der Waals surface area (Å²) in [7, 11) is 0. The van der Waals surface area contributed by atoms with Gasteiger partial charge in [0, 0.05) is 6.42 Å². The fraction of sp³-hybridized carbons (Fsp3) is 0.935. The molecule has 0 aliphatic carbocycles. The molecule has 0 aliphatic rings. The summed E-state index contributed by atoms with van der Waals surface area (Å²) in [5.74, 6) is 0.293. The van der Waals surface area contributed by atoms with Crippen LogP contribution < -0.4 is 0 Å². The lowest BCUT2D eigenvalue weighted by Gasteiger charge is -2.44. The second kappa shape index (κ2) is 20.0. The van der Waals surface area contributed by atoms with Crippen molar-refractivity contribution in [1.29, 1.82) is 0 Å². The first-order chi connectivity index (χ1) is 16.7. The number of carboxylic acid groups (broad SMARTS) is 2. The smallest absolute Gasteiger partial charge is 0.309 e. The van der Waals surface area contributed by atoms with E-state index >= 15 is 0 Å². The van der Waals surface area contributed by atoms with Gasteiger partial charge in [0.25, 0.3) is 0 Å². The van der Waals surface area contributed by atoms with Crippen molar-refractivity contribution < 1.29 is 19.8 Å². The Labute approximate surface area is 218 Å². The second-order valence-electron chi connectivity index (χ2n) is 11.6. The van der Waals surface area contributed by atoms with Gasteiger partial charge in [-0.2, -0.15) is 0 Å². The Balaban J connectivity index is 5.57. The van der Waals surface area contributed by atoms with Gasteiger partial charge in [-0.05, 0) is 49.4 Å². The van der Waals surface area contributed by atoms with Crippen molar-refractivity contribution in [3.8, 4) is 0 Å². The van der Waals surface area contributed by atoms with Crippen molar-refractivity contribution in [2.24, 2.45) is 29.1 Å². The molecule has 0 spiro atoms. The summed E-state index contributed by atoms with van der Waals surface area (Å²) in [4.78, 5) is 23.9. The normalized spacial score (nSPS) is 16.1. The number of hydrogen-bond donors (Lipinski definition) is 2. The molecule has 0 aromatic carbocycles. The molecule has 3 atom stereocenters. The van der Waals surface area contributed by atoms with Crippen LogP contribution in [-0.2, 0) is 9.59 Å². The molecular weight excluding hydrogens is 436 g/mol. The molecule has 208 valence electrons. The molecule has 0 aromatic rings. The topological polar surface area (TPSA) is 74.6 Å². The van der Waals surface area contributed by atoms with Crippen LogP contribution in [0.3, 0.4) is 0 Å². The lowest BCUT2D eigenvalue weighted by molar-refractivity contribution is -0.158. The Morgan fingerprint density at radius 3 is 1.49 bits per heavy atom. The van der Waals surface area contributed by atoms with E-state index in [1.807, 2.05) is 0 Å². The van der Waals surface area contributed by atoms with Gasteiger partial charge in [0.15, 0.2) is 0 Å². The Kier molecular flexibility index (Phi) is 19.4. The third-order valence-electron chi connectivity index (χ3n) is 8.49. The lowest BCUT2D eigenvalue weighted by Crippen LogP contribution is -2.44. The van der Waals surface area contributed by atoms with Crippen molar-refractivity contribution in [2.75, 3.05) is 0 Å². The van der Waals surface area contributed by atoms with Gasteiger partial charge in [-0.15, -0.1) is 0 Å². The molecule has 0 rings (SSSR count). The molecule has 0 heterocycles. The van der Waals surface area contributed by atoms with E-state index in [9.17, 15) is 14.7 Å². The molecule has 0 saturated heterocycles. The van der Waals surface area contributed by atoms with Gasteiger partial charge in [-0.1, -0.05) is 125 Å². The van der Waals surface area contributed by atoms with Crippen LogP contribution in [0.4, 0.5) is 0 Å². The van der Waals surface area contributed by atoms with Gasteiger partial charge in [0.05, 0.1) is 5.41 Å². The van der Waals surface area contributed by atoms with Gasteiger partial charge < -0.3 is 10.2 Å². The summed E-state index contributed by atoms with van der Waals surface area (Å²) in [6.45, 7) is 13.4. The average molecular weight is 497 g/mol. The van der Waals surface area contributed by atoms with Gasteiger partial charge in [0.2, 0.25) is 0 Å². The number of carboxylic acids is 2. The fourth-order valence-corrected chi connectivity index (χ4v) is 6.23. The molecule has 0 amide bonds. The maximum absolute atomic E-state index is 13.2. The zero-order chi connectivity index (χ0) is 26.7. The van der Waals surface area contributed by atoms with Gasteiger partial charge >= 0.3 is 11.9 Å². The second-order valence-corrected chi connectivity index (χ2v) is 11.6. The molecule has 2 N–H and O–H groups in total. The number of carbonyl (C=O) groups is 2.